The lowest BCUT2D eigenvalue weighted by molar-refractivity contribution is -0.159. The van der Waals surface area contributed by atoms with E-state index in [1.54, 1.807) is 18.2 Å². The van der Waals surface area contributed by atoms with Crippen LogP contribution in [0.5, 0.6) is 5.75 Å². The molecule has 1 heterocycles. The molecule has 1 aromatic carbocycles. The molecular formula is C16H21Cl2NO7. The van der Waals surface area contributed by atoms with Gasteiger partial charge in [0.25, 0.3) is 0 Å². The number of carboxylic acid groups (broad SMARTS) is 2. The Labute approximate surface area is 161 Å². The van der Waals surface area contributed by atoms with E-state index in [4.69, 9.17) is 57.2 Å². The molecule has 8 nitrogen and oxygen atoms in total. The van der Waals surface area contributed by atoms with Gasteiger partial charge in [0.15, 0.2) is 0 Å². The Kier molecular flexibility index (Phi) is 11.0. The molecule has 0 aliphatic carbocycles. The van der Waals surface area contributed by atoms with Crippen LogP contribution in [0.4, 0.5) is 0 Å². The van der Waals surface area contributed by atoms with Crippen molar-refractivity contribution in [1.82, 2.24) is 4.90 Å². The van der Waals surface area contributed by atoms with E-state index in [9.17, 15) is 0 Å². The van der Waals surface area contributed by atoms with E-state index in [0.29, 0.717) is 35.6 Å². The van der Waals surface area contributed by atoms with Gasteiger partial charge in [-0.1, -0.05) is 23.2 Å². The van der Waals surface area contributed by atoms with Gasteiger partial charge >= 0.3 is 11.9 Å². The summed E-state index contributed by atoms with van der Waals surface area (Å²) in [6, 6.07) is 5.22. The van der Waals surface area contributed by atoms with Crippen molar-refractivity contribution in [1.29, 1.82) is 0 Å². The third-order valence-electron chi connectivity index (χ3n) is 3.23. The van der Waals surface area contributed by atoms with Crippen molar-refractivity contribution in [3.05, 3.63) is 28.2 Å². The molecule has 0 spiro atoms. The monoisotopic (exact) mass is 409 g/mol. The zero-order valence-corrected chi connectivity index (χ0v) is 15.5. The summed E-state index contributed by atoms with van der Waals surface area (Å²) >= 11 is 11.7. The lowest BCUT2D eigenvalue weighted by Gasteiger charge is -2.26. The minimum atomic E-state index is -1.82. The van der Waals surface area contributed by atoms with Crippen molar-refractivity contribution >= 4 is 35.1 Å². The van der Waals surface area contributed by atoms with Gasteiger partial charge in [-0.2, -0.15) is 0 Å². The largest absolute Gasteiger partial charge is 0.491 e. The van der Waals surface area contributed by atoms with Gasteiger partial charge in [-0.05, 0) is 12.1 Å². The number of morpholine rings is 1. The Morgan fingerprint density at radius 1 is 1.04 bits per heavy atom. The first-order valence-corrected chi connectivity index (χ1v) is 8.57. The van der Waals surface area contributed by atoms with Crippen molar-refractivity contribution < 1.29 is 34.0 Å². The predicted octanol–water partition coefficient (Wildman–Crippen LogP) is 1.88. The number of aliphatic carboxylic acids is 2. The standard InChI is InChI=1S/C14H19Cl2NO3.C2H2O4/c15-13-2-1-12(11-14(13)16)20-10-9-19-8-5-17-3-6-18-7-4-17;3-1(4)2(5)6/h1-2,11H,3-10H2;(H,3,4)(H,5,6). The van der Waals surface area contributed by atoms with Crippen LogP contribution < -0.4 is 4.74 Å². The summed E-state index contributed by atoms with van der Waals surface area (Å²) in [5, 5.41) is 15.8. The second kappa shape index (κ2) is 12.7. The van der Waals surface area contributed by atoms with Crippen molar-refractivity contribution in [2.24, 2.45) is 0 Å². The predicted molar refractivity (Wildman–Crippen MR) is 95.3 cm³/mol. The summed E-state index contributed by atoms with van der Waals surface area (Å²) in [5.74, 6) is -2.94. The molecule has 1 fully saturated rings. The van der Waals surface area contributed by atoms with Gasteiger partial charge < -0.3 is 24.4 Å². The minimum Gasteiger partial charge on any atom is -0.491 e. The van der Waals surface area contributed by atoms with Crippen LogP contribution in [-0.2, 0) is 19.1 Å². The van der Waals surface area contributed by atoms with Gasteiger partial charge in [-0.3, -0.25) is 4.90 Å². The fraction of sp³-hybridized carbons (Fsp3) is 0.500. The summed E-state index contributed by atoms with van der Waals surface area (Å²) in [5.41, 5.74) is 0. The highest BCUT2D eigenvalue weighted by atomic mass is 35.5. The maximum Gasteiger partial charge on any atom is 0.414 e. The molecular weight excluding hydrogens is 389 g/mol. The highest BCUT2D eigenvalue weighted by Gasteiger charge is 2.09. The van der Waals surface area contributed by atoms with Gasteiger partial charge in [0.05, 0.1) is 36.5 Å². The average molecular weight is 410 g/mol. The van der Waals surface area contributed by atoms with Gasteiger partial charge in [0.1, 0.15) is 12.4 Å². The number of carbonyl (C=O) groups is 2. The zero-order chi connectivity index (χ0) is 19.4. The van der Waals surface area contributed by atoms with Gasteiger partial charge in [0.2, 0.25) is 0 Å². The van der Waals surface area contributed by atoms with Crippen LogP contribution in [0.15, 0.2) is 18.2 Å². The van der Waals surface area contributed by atoms with Crippen molar-refractivity contribution in [2.45, 2.75) is 0 Å². The summed E-state index contributed by atoms with van der Waals surface area (Å²) < 4.78 is 16.4. The first kappa shape index (κ1) is 22.5. The van der Waals surface area contributed by atoms with Crippen molar-refractivity contribution in [2.75, 3.05) is 52.7 Å². The molecule has 0 bridgehead atoms. The van der Waals surface area contributed by atoms with Crippen LogP contribution in [0.1, 0.15) is 0 Å². The van der Waals surface area contributed by atoms with Crippen LogP contribution in [-0.4, -0.2) is 79.7 Å². The summed E-state index contributed by atoms with van der Waals surface area (Å²) in [7, 11) is 0. The molecule has 2 rings (SSSR count). The van der Waals surface area contributed by atoms with Gasteiger partial charge in [0, 0.05) is 25.7 Å². The molecule has 0 radical (unpaired) electrons. The fourth-order valence-electron chi connectivity index (χ4n) is 1.91. The molecule has 2 N–H and O–H groups in total. The molecule has 26 heavy (non-hydrogen) atoms. The van der Waals surface area contributed by atoms with E-state index in [1.165, 1.54) is 0 Å². The van der Waals surface area contributed by atoms with E-state index in [1.807, 2.05) is 0 Å². The van der Waals surface area contributed by atoms with E-state index >= 15 is 0 Å². The molecule has 0 saturated carbocycles. The maximum absolute atomic E-state index is 9.10. The number of hydrogen-bond donors (Lipinski definition) is 2. The highest BCUT2D eigenvalue weighted by molar-refractivity contribution is 6.42. The number of rotatable bonds is 7. The lowest BCUT2D eigenvalue weighted by Crippen LogP contribution is -2.38. The Hall–Kier alpha value is -1.58. The number of carboxylic acids is 2. The van der Waals surface area contributed by atoms with Crippen LogP contribution in [0, 0.1) is 0 Å². The maximum atomic E-state index is 9.10. The number of nitrogens with zero attached hydrogens (tertiary/aromatic N) is 1. The topological polar surface area (TPSA) is 106 Å². The first-order chi connectivity index (χ1) is 12.4. The molecule has 0 amide bonds. The third-order valence-corrected chi connectivity index (χ3v) is 3.97. The van der Waals surface area contributed by atoms with E-state index in [0.717, 1.165) is 32.8 Å². The zero-order valence-electron chi connectivity index (χ0n) is 14.0. The minimum absolute atomic E-state index is 0.498. The van der Waals surface area contributed by atoms with Gasteiger partial charge in [-0.15, -0.1) is 0 Å². The second-order valence-electron chi connectivity index (χ2n) is 5.10. The smallest absolute Gasteiger partial charge is 0.414 e. The van der Waals surface area contributed by atoms with Crippen LogP contribution in [0.2, 0.25) is 10.0 Å². The Bertz CT molecular complexity index is 568. The quantitative estimate of drug-likeness (QED) is 0.519. The molecule has 10 heteroatoms. The molecule has 1 aliphatic heterocycles. The molecule has 0 unspecified atom stereocenters. The Morgan fingerprint density at radius 3 is 2.27 bits per heavy atom. The van der Waals surface area contributed by atoms with Crippen molar-refractivity contribution in [3.63, 3.8) is 0 Å². The van der Waals surface area contributed by atoms with E-state index < -0.39 is 11.9 Å². The molecule has 1 aromatic rings. The van der Waals surface area contributed by atoms with Crippen LogP contribution in [0.25, 0.3) is 0 Å². The van der Waals surface area contributed by atoms with Crippen LogP contribution in [0.3, 0.4) is 0 Å². The molecule has 0 aromatic heterocycles. The summed E-state index contributed by atoms with van der Waals surface area (Å²) in [6.45, 7) is 6.33. The SMILES string of the molecule is Clc1ccc(OCCOCCN2CCOCC2)cc1Cl.O=C(O)C(=O)O. The number of benzene rings is 1. The summed E-state index contributed by atoms with van der Waals surface area (Å²) in [6.07, 6.45) is 0. The molecule has 146 valence electrons. The number of halogens is 2. The molecule has 1 aliphatic rings. The second-order valence-corrected chi connectivity index (χ2v) is 5.92. The number of hydrogen-bond acceptors (Lipinski definition) is 6. The average Bonchev–Trinajstić information content (AvgIpc) is 2.62. The molecule has 1 saturated heterocycles. The fourth-order valence-corrected chi connectivity index (χ4v) is 2.19. The van der Waals surface area contributed by atoms with E-state index in [2.05, 4.69) is 4.90 Å². The Morgan fingerprint density at radius 2 is 1.69 bits per heavy atom. The van der Waals surface area contributed by atoms with E-state index in [-0.39, 0.29) is 0 Å². The third kappa shape index (κ3) is 9.79. The Balaban J connectivity index is 0.000000487. The van der Waals surface area contributed by atoms with Gasteiger partial charge in [-0.25, -0.2) is 9.59 Å². The lowest BCUT2D eigenvalue weighted by atomic mass is 10.3. The molecule has 0 atom stereocenters. The van der Waals surface area contributed by atoms with Crippen molar-refractivity contribution in [3.8, 4) is 5.75 Å². The summed E-state index contributed by atoms with van der Waals surface area (Å²) in [4.78, 5) is 20.5. The normalized spacial score (nSPS) is 14.2. The first-order valence-electron chi connectivity index (χ1n) is 7.82. The highest BCUT2D eigenvalue weighted by Crippen LogP contribution is 2.26. The number of ether oxygens (including phenoxy) is 3. The van der Waals surface area contributed by atoms with Crippen LogP contribution >= 0.6 is 23.2 Å².